The van der Waals surface area contributed by atoms with Crippen LogP contribution in [0.5, 0.6) is 0 Å². The first-order valence-electron chi connectivity index (χ1n) is 7.16. The lowest BCUT2D eigenvalue weighted by Crippen LogP contribution is -2.51. The minimum atomic E-state index is -0.0889. The molecule has 1 saturated heterocycles. The third kappa shape index (κ3) is 3.21. The summed E-state index contributed by atoms with van der Waals surface area (Å²) < 4.78 is 0. The van der Waals surface area contributed by atoms with Crippen LogP contribution in [0.2, 0.25) is 0 Å². The van der Waals surface area contributed by atoms with E-state index in [0.29, 0.717) is 12.1 Å². The van der Waals surface area contributed by atoms with E-state index in [1.807, 2.05) is 0 Å². The first-order chi connectivity index (χ1) is 8.08. The highest BCUT2D eigenvalue weighted by Crippen LogP contribution is 2.32. The molecule has 3 nitrogen and oxygen atoms in total. The van der Waals surface area contributed by atoms with Crippen LogP contribution in [0.1, 0.15) is 39.0 Å². The van der Waals surface area contributed by atoms with Crippen LogP contribution in [0.3, 0.4) is 0 Å². The molecule has 0 aromatic carbocycles. The number of hydrogen-bond acceptors (Lipinski definition) is 3. The van der Waals surface area contributed by atoms with Gasteiger partial charge in [-0.1, -0.05) is 6.92 Å². The quantitative estimate of drug-likeness (QED) is 0.811. The van der Waals surface area contributed by atoms with E-state index < -0.39 is 0 Å². The summed E-state index contributed by atoms with van der Waals surface area (Å²) in [5.74, 6) is 0.781. The predicted octanol–water partition coefficient (Wildman–Crippen LogP) is 1.56. The molecule has 4 unspecified atom stereocenters. The van der Waals surface area contributed by atoms with Gasteiger partial charge in [0.2, 0.25) is 0 Å². The van der Waals surface area contributed by atoms with Crippen molar-refractivity contribution in [3.8, 4) is 0 Å². The maximum absolute atomic E-state index is 10.2. The summed E-state index contributed by atoms with van der Waals surface area (Å²) in [6.45, 7) is 4.65. The zero-order chi connectivity index (χ0) is 12.4. The second-order valence-corrected chi connectivity index (χ2v) is 6.35. The van der Waals surface area contributed by atoms with Gasteiger partial charge in [-0.3, -0.25) is 4.90 Å². The molecule has 0 bridgehead atoms. The Balaban J connectivity index is 1.98. The molecular formula is C14H28N2O. The monoisotopic (exact) mass is 240 g/mol. The van der Waals surface area contributed by atoms with Gasteiger partial charge in [0.05, 0.1) is 6.10 Å². The molecule has 100 valence electrons. The highest BCUT2D eigenvalue weighted by Gasteiger charge is 2.37. The van der Waals surface area contributed by atoms with E-state index in [2.05, 4.69) is 30.8 Å². The van der Waals surface area contributed by atoms with E-state index in [9.17, 15) is 5.11 Å². The molecule has 0 aromatic rings. The standard InChI is InChI=1S/C14H28N2O/c1-11-6-7-14(17)13(9-11)16-8-4-5-12(16)10-15(2)3/h11-14,17H,4-10H2,1-3H3. The van der Waals surface area contributed by atoms with Gasteiger partial charge in [-0.05, 0) is 58.7 Å². The van der Waals surface area contributed by atoms with Crippen LogP contribution in [-0.2, 0) is 0 Å². The zero-order valence-electron chi connectivity index (χ0n) is 11.6. The Morgan fingerprint density at radius 2 is 2.00 bits per heavy atom. The molecule has 0 aromatic heterocycles. The Morgan fingerprint density at radius 3 is 2.71 bits per heavy atom. The molecule has 3 heteroatoms. The van der Waals surface area contributed by atoms with E-state index in [1.54, 1.807) is 0 Å². The lowest BCUT2D eigenvalue weighted by molar-refractivity contribution is -0.00374. The Bertz CT molecular complexity index is 244. The lowest BCUT2D eigenvalue weighted by atomic mass is 9.84. The van der Waals surface area contributed by atoms with Gasteiger partial charge in [-0.2, -0.15) is 0 Å². The van der Waals surface area contributed by atoms with Crippen molar-refractivity contribution in [1.82, 2.24) is 9.80 Å². The fourth-order valence-corrected chi connectivity index (χ4v) is 3.60. The summed E-state index contributed by atoms with van der Waals surface area (Å²) in [6, 6.07) is 1.08. The number of aliphatic hydroxyl groups excluding tert-OH is 1. The Labute approximate surface area is 106 Å². The van der Waals surface area contributed by atoms with Gasteiger partial charge in [0.1, 0.15) is 0 Å². The van der Waals surface area contributed by atoms with Gasteiger partial charge in [0.25, 0.3) is 0 Å². The van der Waals surface area contributed by atoms with Crippen molar-refractivity contribution in [2.45, 2.75) is 57.2 Å². The number of likely N-dealkylation sites (N-methyl/N-ethyl adjacent to an activating group) is 1. The maximum Gasteiger partial charge on any atom is 0.0695 e. The van der Waals surface area contributed by atoms with Crippen molar-refractivity contribution in [3.63, 3.8) is 0 Å². The Kier molecular flexibility index (Phi) is 4.45. The number of nitrogens with zero attached hydrogens (tertiary/aromatic N) is 2. The number of hydrogen-bond donors (Lipinski definition) is 1. The molecule has 2 aliphatic rings. The van der Waals surface area contributed by atoms with Crippen LogP contribution in [0, 0.1) is 5.92 Å². The average molecular weight is 240 g/mol. The normalized spacial score (nSPS) is 40.1. The van der Waals surface area contributed by atoms with Gasteiger partial charge in [0.15, 0.2) is 0 Å². The van der Waals surface area contributed by atoms with Crippen LogP contribution < -0.4 is 0 Å². The molecule has 17 heavy (non-hydrogen) atoms. The largest absolute Gasteiger partial charge is 0.391 e. The molecule has 0 radical (unpaired) electrons. The fourth-order valence-electron chi connectivity index (χ4n) is 3.60. The number of rotatable bonds is 3. The van der Waals surface area contributed by atoms with E-state index >= 15 is 0 Å². The summed E-state index contributed by atoms with van der Waals surface area (Å²) in [4.78, 5) is 4.88. The molecule has 4 atom stereocenters. The summed E-state index contributed by atoms with van der Waals surface area (Å²) in [5, 5.41) is 10.2. The highest BCUT2D eigenvalue weighted by atomic mass is 16.3. The lowest BCUT2D eigenvalue weighted by Gasteiger charge is -2.41. The molecule has 1 saturated carbocycles. The first-order valence-corrected chi connectivity index (χ1v) is 7.16. The minimum absolute atomic E-state index is 0.0889. The third-order valence-corrected chi connectivity index (χ3v) is 4.47. The Morgan fingerprint density at radius 1 is 1.24 bits per heavy atom. The first kappa shape index (κ1) is 13.3. The SMILES string of the molecule is CC1CCC(O)C(N2CCCC2CN(C)C)C1. The fraction of sp³-hybridized carbons (Fsp3) is 1.00. The molecule has 1 aliphatic heterocycles. The Hall–Kier alpha value is -0.120. The molecule has 2 rings (SSSR count). The zero-order valence-corrected chi connectivity index (χ0v) is 11.6. The highest BCUT2D eigenvalue weighted by molar-refractivity contribution is 4.92. The van der Waals surface area contributed by atoms with Crippen molar-refractivity contribution in [1.29, 1.82) is 0 Å². The van der Waals surface area contributed by atoms with E-state index in [4.69, 9.17) is 0 Å². The second kappa shape index (κ2) is 5.68. The van der Waals surface area contributed by atoms with Crippen molar-refractivity contribution in [2.24, 2.45) is 5.92 Å². The van der Waals surface area contributed by atoms with Crippen LogP contribution in [-0.4, -0.2) is 60.3 Å². The molecule has 2 fully saturated rings. The molecule has 0 spiro atoms. The smallest absolute Gasteiger partial charge is 0.0695 e. The third-order valence-electron chi connectivity index (χ3n) is 4.47. The summed E-state index contributed by atoms with van der Waals surface area (Å²) in [7, 11) is 4.30. The van der Waals surface area contributed by atoms with Crippen LogP contribution in [0.25, 0.3) is 0 Å². The van der Waals surface area contributed by atoms with Gasteiger partial charge in [-0.25, -0.2) is 0 Å². The molecule has 0 amide bonds. The van der Waals surface area contributed by atoms with Crippen molar-refractivity contribution in [2.75, 3.05) is 27.2 Å². The van der Waals surface area contributed by atoms with Crippen molar-refractivity contribution < 1.29 is 5.11 Å². The maximum atomic E-state index is 10.2. The van der Waals surface area contributed by atoms with E-state index in [1.165, 1.54) is 32.2 Å². The van der Waals surface area contributed by atoms with Crippen molar-refractivity contribution >= 4 is 0 Å². The summed E-state index contributed by atoms with van der Waals surface area (Å²) in [5.41, 5.74) is 0. The van der Waals surface area contributed by atoms with Gasteiger partial charge >= 0.3 is 0 Å². The van der Waals surface area contributed by atoms with Gasteiger partial charge in [0, 0.05) is 18.6 Å². The van der Waals surface area contributed by atoms with Gasteiger partial charge in [-0.15, -0.1) is 0 Å². The summed E-state index contributed by atoms with van der Waals surface area (Å²) in [6.07, 6.45) is 5.90. The number of likely N-dealkylation sites (tertiary alicyclic amines) is 1. The molecule has 1 N–H and O–H groups in total. The minimum Gasteiger partial charge on any atom is -0.391 e. The second-order valence-electron chi connectivity index (χ2n) is 6.35. The average Bonchev–Trinajstić information content (AvgIpc) is 2.69. The van der Waals surface area contributed by atoms with Gasteiger partial charge < -0.3 is 10.0 Å². The van der Waals surface area contributed by atoms with Crippen LogP contribution >= 0.6 is 0 Å². The molecule has 1 aliphatic carbocycles. The summed E-state index contributed by atoms with van der Waals surface area (Å²) >= 11 is 0. The van der Waals surface area contributed by atoms with E-state index in [-0.39, 0.29) is 6.10 Å². The van der Waals surface area contributed by atoms with Crippen LogP contribution in [0.4, 0.5) is 0 Å². The number of aliphatic hydroxyl groups is 1. The predicted molar refractivity (Wildman–Crippen MR) is 71.1 cm³/mol. The molecule has 1 heterocycles. The van der Waals surface area contributed by atoms with Crippen molar-refractivity contribution in [3.05, 3.63) is 0 Å². The topological polar surface area (TPSA) is 26.7 Å². The molecular weight excluding hydrogens is 212 g/mol. The van der Waals surface area contributed by atoms with Crippen LogP contribution in [0.15, 0.2) is 0 Å². The van der Waals surface area contributed by atoms with E-state index in [0.717, 1.165) is 18.9 Å².